The predicted molar refractivity (Wildman–Crippen MR) is 152 cm³/mol. The lowest BCUT2D eigenvalue weighted by molar-refractivity contribution is 0.397. The molecule has 2 heterocycles. The van der Waals surface area contributed by atoms with E-state index in [-0.39, 0.29) is 0 Å². The highest BCUT2D eigenvalue weighted by Crippen LogP contribution is 2.37. The molecule has 0 unspecified atom stereocenters. The third-order valence-electron chi connectivity index (χ3n) is 4.69. The van der Waals surface area contributed by atoms with Crippen molar-refractivity contribution in [3.05, 3.63) is 69.6 Å². The first kappa shape index (κ1) is 27.8. The van der Waals surface area contributed by atoms with E-state index >= 15 is 0 Å². The number of aromatic nitrogens is 2. The number of hydrogen-bond donors (Lipinski definition) is 3. The van der Waals surface area contributed by atoms with Crippen molar-refractivity contribution in [2.45, 2.75) is 0 Å². The Labute approximate surface area is 228 Å². The van der Waals surface area contributed by atoms with E-state index in [2.05, 4.69) is 25.7 Å². The molecule has 194 valence electrons. The van der Waals surface area contributed by atoms with Crippen LogP contribution in [0, 0.1) is 0 Å². The summed E-state index contributed by atoms with van der Waals surface area (Å²) in [6, 6.07) is 11.0. The number of anilines is 1. The van der Waals surface area contributed by atoms with Crippen molar-refractivity contribution < 1.29 is 18.9 Å². The van der Waals surface area contributed by atoms with Gasteiger partial charge in [0.1, 0.15) is 39.4 Å². The van der Waals surface area contributed by atoms with E-state index in [1.807, 2.05) is 35.0 Å². The highest BCUT2D eigenvalue weighted by atomic mass is 32.1. The molecule has 0 aliphatic carbocycles. The number of nitrogens with zero attached hydrogens (tertiary/aromatic N) is 3. The van der Waals surface area contributed by atoms with Crippen molar-refractivity contribution in [2.75, 3.05) is 33.8 Å². The Morgan fingerprint density at radius 1 is 0.811 bits per heavy atom. The number of thiocarbonyl (C=S) groups is 1. The van der Waals surface area contributed by atoms with Crippen LogP contribution in [-0.2, 0) is 0 Å². The monoisotopic (exact) mass is 558 g/mol. The van der Waals surface area contributed by atoms with Gasteiger partial charge in [-0.15, -0.1) is 22.7 Å². The summed E-state index contributed by atoms with van der Waals surface area (Å²) < 4.78 is 21.1. The molecule has 2 aromatic carbocycles. The van der Waals surface area contributed by atoms with Crippen molar-refractivity contribution in [3.8, 4) is 23.0 Å². The van der Waals surface area contributed by atoms with Gasteiger partial charge < -0.3 is 29.7 Å². The second-order valence-electron chi connectivity index (χ2n) is 6.78. The third-order valence-corrected chi connectivity index (χ3v) is 6.68. The number of amidine groups is 1. The average Bonchev–Trinajstić information content (AvgIpc) is 3.67. The number of nitrogens with one attached hydrogen (secondary N) is 2. The van der Waals surface area contributed by atoms with Crippen LogP contribution in [0.5, 0.6) is 23.0 Å². The molecule has 0 amide bonds. The maximum absolute atomic E-state index is 5.50. The SMILES string of the molecule is COc1cccc(OC)c1N=C(NN)c1nccs1.COc1cccc(OC)c1NC(=S)c1nccs1. The molecule has 0 aliphatic heterocycles. The topological polar surface area (TPSA) is 125 Å². The molecule has 0 spiro atoms. The van der Waals surface area contributed by atoms with Crippen molar-refractivity contribution in [1.29, 1.82) is 0 Å². The molecule has 0 aliphatic rings. The van der Waals surface area contributed by atoms with Gasteiger partial charge in [0.25, 0.3) is 0 Å². The number of thiazole rings is 2. The zero-order chi connectivity index (χ0) is 26.6. The molecule has 10 nitrogen and oxygen atoms in total. The highest BCUT2D eigenvalue weighted by molar-refractivity contribution is 7.81. The number of nitrogens with two attached hydrogens (primary N) is 1. The highest BCUT2D eigenvalue weighted by Gasteiger charge is 2.14. The largest absolute Gasteiger partial charge is 0.494 e. The lowest BCUT2D eigenvalue weighted by atomic mass is 10.2. The molecule has 0 saturated carbocycles. The molecule has 0 bridgehead atoms. The average molecular weight is 559 g/mol. The fraction of sp³-hybridized carbons (Fsp3) is 0.167. The minimum Gasteiger partial charge on any atom is -0.494 e. The summed E-state index contributed by atoms with van der Waals surface area (Å²) in [4.78, 5) is 13.3. The van der Waals surface area contributed by atoms with E-state index in [0.29, 0.717) is 50.2 Å². The first-order valence-corrected chi connectivity index (χ1v) is 12.8. The second-order valence-corrected chi connectivity index (χ2v) is 8.98. The van der Waals surface area contributed by atoms with Gasteiger partial charge in [-0.05, 0) is 24.3 Å². The van der Waals surface area contributed by atoms with Gasteiger partial charge in [-0.2, -0.15) is 0 Å². The molecular formula is C24H26N6O4S3. The predicted octanol–water partition coefficient (Wildman–Crippen LogP) is 4.65. The number of ether oxygens (including phenoxy) is 4. The molecule has 37 heavy (non-hydrogen) atoms. The lowest BCUT2D eigenvalue weighted by Crippen LogP contribution is -2.30. The Morgan fingerprint density at radius 2 is 1.30 bits per heavy atom. The summed E-state index contributed by atoms with van der Waals surface area (Å²) in [5.41, 5.74) is 3.82. The van der Waals surface area contributed by atoms with Crippen LogP contribution in [0.15, 0.2) is 64.5 Å². The fourth-order valence-electron chi connectivity index (χ4n) is 3.01. The van der Waals surface area contributed by atoms with E-state index in [4.69, 9.17) is 37.0 Å². The van der Waals surface area contributed by atoms with E-state index in [1.165, 1.54) is 22.7 Å². The van der Waals surface area contributed by atoms with Crippen LogP contribution in [0.25, 0.3) is 0 Å². The van der Waals surface area contributed by atoms with E-state index < -0.39 is 0 Å². The quantitative estimate of drug-likeness (QED) is 0.0925. The molecule has 4 N–H and O–H groups in total. The Bertz CT molecular complexity index is 1270. The van der Waals surface area contributed by atoms with Gasteiger partial charge in [-0.1, -0.05) is 24.4 Å². The number of para-hydroxylation sites is 2. The molecule has 0 atom stereocenters. The van der Waals surface area contributed by atoms with Crippen molar-refractivity contribution in [3.63, 3.8) is 0 Å². The van der Waals surface area contributed by atoms with E-state index in [0.717, 1.165) is 5.01 Å². The molecule has 0 radical (unpaired) electrons. The van der Waals surface area contributed by atoms with Crippen molar-refractivity contribution in [2.24, 2.45) is 10.8 Å². The summed E-state index contributed by atoms with van der Waals surface area (Å²) in [5.74, 6) is 8.51. The normalized spacial score (nSPS) is 10.6. The minimum atomic E-state index is 0.456. The zero-order valence-corrected chi connectivity index (χ0v) is 23.0. The maximum atomic E-state index is 5.50. The Balaban J connectivity index is 0.000000206. The van der Waals surface area contributed by atoms with Crippen LogP contribution in [0.2, 0.25) is 0 Å². The Kier molecular flexibility index (Phi) is 10.6. The second kappa shape index (κ2) is 14.1. The van der Waals surface area contributed by atoms with Gasteiger partial charge in [-0.3, -0.25) is 0 Å². The molecular weight excluding hydrogens is 533 g/mol. The maximum Gasteiger partial charge on any atom is 0.177 e. The van der Waals surface area contributed by atoms with Crippen molar-refractivity contribution >= 4 is 57.1 Å². The lowest BCUT2D eigenvalue weighted by Gasteiger charge is -2.14. The van der Waals surface area contributed by atoms with Crippen LogP contribution in [0.3, 0.4) is 0 Å². The number of rotatable bonds is 8. The van der Waals surface area contributed by atoms with Gasteiger partial charge in [0.15, 0.2) is 15.9 Å². The summed E-state index contributed by atoms with van der Waals surface area (Å²) in [6.07, 6.45) is 3.40. The summed E-state index contributed by atoms with van der Waals surface area (Å²) in [6.45, 7) is 0. The van der Waals surface area contributed by atoms with Gasteiger partial charge in [-0.25, -0.2) is 20.8 Å². The van der Waals surface area contributed by atoms with E-state index in [1.54, 1.807) is 53.0 Å². The van der Waals surface area contributed by atoms with Crippen molar-refractivity contribution in [1.82, 2.24) is 15.4 Å². The Hall–Kier alpha value is -3.78. The van der Waals surface area contributed by atoms with Gasteiger partial charge in [0.05, 0.1) is 28.4 Å². The standard InChI is InChI=1S/C12H14N4O2S.C12H12N2O2S2/c1-17-8-4-3-5-9(18-2)10(8)15-11(16-13)12-14-6-7-19-12;1-15-8-4-3-5-9(16-2)10(8)14-11(17)12-13-6-7-18-12/h3-7H,13H2,1-2H3,(H,15,16);3-7H,1-2H3,(H,14,17). The van der Waals surface area contributed by atoms with Gasteiger partial charge in [0, 0.05) is 23.2 Å². The zero-order valence-electron chi connectivity index (χ0n) is 20.6. The molecule has 0 saturated heterocycles. The number of methoxy groups -OCH3 is 4. The summed E-state index contributed by atoms with van der Waals surface area (Å²) in [5, 5.41) is 8.29. The van der Waals surface area contributed by atoms with Crippen LogP contribution < -0.4 is 35.5 Å². The van der Waals surface area contributed by atoms with Crippen LogP contribution in [0.4, 0.5) is 11.4 Å². The van der Waals surface area contributed by atoms with E-state index in [9.17, 15) is 0 Å². The first-order valence-electron chi connectivity index (χ1n) is 10.6. The number of benzene rings is 2. The Morgan fingerprint density at radius 3 is 1.73 bits per heavy atom. The van der Waals surface area contributed by atoms with Crippen LogP contribution in [0.1, 0.15) is 10.0 Å². The smallest absolute Gasteiger partial charge is 0.177 e. The van der Waals surface area contributed by atoms with Crippen LogP contribution >= 0.6 is 34.9 Å². The molecule has 4 aromatic rings. The summed E-state index contributed by atoms with van der Waals surface area (Å²) in [7, 11) is 6.36. The molecule has 2 aromatic heterocycles. The van der Waals surface area contributed by atoms with Crippen LogP contribution in [-0.4, -0.2) is 49.2 Å². The molecule has 0 fully saturated rings. The third kappa shape index (κ3) is 7.13. The number of hydrazine groups is 1. The number of aliphatic imine (C=N–C) groups is 1. The van der Waals surface area contributed by atoms with Gasteiger partial charge >= 0.3 is 0 Å². The minimum absolute atomic E-state index is 0.456. The molecule has 4 rings (SSSR count). The summed E-state index contributed by atoms with van der Waals surface area (Å²) >= 11 is 8.21. The fourth-order valence-corrected chi connectivity index (χ4v) is 4.43. The van der Waals surface area contributed by atoms with Gasteiger partial charge in [0.2, 0.25) is 0 Å². The molecule has 13 heteroatoms. The number of hydrogen-bond acceptors (Lipinski definition) is 11. The first-order chi connectivity index (χ1) is 18.1.